The van der Waals surface area contributed by atoms with Crippen LogP contribution in [-0.4, -0.2) is 23.2 Å². The molecule has 0 bridgehead atoms. The lowest BCUT2D eigenvalue weighted by molar-refractivity contribution is -0.131. The molecule has 1 N–H and O–H groups in total. The lowest BCUT2D eigenvalue weighted by atomic mass is 10.2. The molecular formula is C17H12BrNO4S. The van der Waals surface area contributed by atoms with E-state index in [1.54, 1.807) is 18.2 Å². The first-order valence-corrected chi connectivity index (χ1v) is 8.50. The molecule has 0 aliphatic rings. The van der Waals surface area contributed by atoms with Crippen LogP contribution in [0.2, 0.25) is 0 Å². The van der Waals surface area contributed by atoms with Gasteiger partial charge in [-0.1, -0.05) is 28.1 Å². The van der Waals surface area contributed by atoms with Crippen LogP contribution in [0.3, 0.4) is 0 Å². The summed E-state index contributed by atoms with van der Waals surface area (Å²) in [5.41, 5.74) is 1.95. The van der Waals surface area contributed by atoms with Crippen LogP contribution in [0.15, 0.2) is 61.5 Å². The summed E-state index contributed by atoms with van der Waals surface area (Å²) in [5.74, 6) is -0.487. The molecule has 0 saturated carbocycles. The van der Waals surface area contributed by atoms with Crippen LogP contribution in [0.5, 0.6) is 5.75 Å². The molecule has 122 valence electrons. The Bertz CT molecular complexity index is 902. The van der Waals surface area contributed by atoms with Gasteiger partial charge < -0.3 is 14.3 Å². The zero-order valence-corrected chi connectivity index (χ0v) is 14.9. The van der Waals surface area contributed by atoms with Crippen LogP contribution in [0.1, 0.15) is 5.56 Å². The highest BCUT2D eigenvalue weighted by Gasteiger charge is 2.16. The summed E-state index contributed by atoms with van der Waals surface area (Å²) in [6.45, 7) is 0. The highest BCUT2D eigenvalue weighted by atomic mass is 79.9. The van der Waals surface area contributed by atoms with E-state index in [0.29, 0.717) is 22.4 Å². The molecule has 0 fully saturated rings. The molecule has 24 heavy (non-hydrogen) atoms. The van der Waals surface area contributed by atoms with Gasteiger partial charge in [-0.3, -0.25) is 0 Å². The molecule has 1 aromatic heterocycles. The normalized spacial score (nSPS) is 11.7. The third kappa shape index (κ3) is 3.63. The van der Waals surface area contributed by atoms with Crippen molar-refractivity contribution in [3.8, 4) is 5.75 Å². The zero-order chi connectivity index (χ0) is 17.1. The predicted molar refractivity (Wildman–Crippen MR) is 96.2 cm³/mol. The number of carbonyl (C=O) groups is 1. The van der Waals surface area contributed by atoms with Crippen molar-refractivity contribution in [2.75, 3.05) is 7.11 Å². The number of halogens is 1. The lowest BCUT2D eigenvalue weighted by Crippen LogP contribution is -1.97. The van der Waals surface area contributed by atoms with E-state index in [9.17, 15) is 9.90 Å². The van der Waals surface area contributed by atoms with E-state index >= 15 is 0 Å². The van der Waals surface area contributed by atoms with Gasteiger partial charge in [0, 0.05) is 10.0 Å². The van der Waals surface area contributed by atoms with E-state index in [1.165, 1.54) is 13.2 Å². The summed E-state index contributed by atoms with van der Waals surface area (Å²) in [4.78, 5) is 16.0. The molecule has 0 amide bonds. The van der Waals surface area contributed by atoms with Crippen molar-refractivity contribution in [2.24, 2.45) is 0 Å². The molecule has 3 aromatic rings. The van der Waals surface area contributed by atoms with Gasteiger partial charge in [0.15, 0.2) is 5.58 Å². The number of benzene rings is 2. The monoisotopic (exact) mass is 405 g/mol. The molecule has 2 aromatic carbocycles. The smallest absolute Gasteiger partial charge is 0.342 e. The highest BCUT2D eigenvalue weighted by Crippen LogP contribution is 2.33. The maximum Gasteiger partial charge on any atom is 0.342 e. The SMILES string of the molecule is COc1ccc(Br)cc1/C=C(\Sc1nc2ccccc2o1)C(=O)O. The number of fused-ring (bicyclic) bond motifs is 1. The number of methoxy groups -OCH3 is 1. The lowest BCUT2D eigenvalue weighted by Gasteiger charge is -2.06. The van der Waals surface area contributed by atoms with E-state index in [1.807, 2.05) is 24.3 Å². The van der Waals surface area contributed by atoms with Crippen molar-refractivity contribution in [3.63, 3.8) is 0 Å². The summed E-state index contributed by atoms with van der Waals surface area (Å²) in [7, 11) is 1.54. The molecule has 0 saturated heterocycles. The zero-order valence-electron chi connectivity index (χ0n) is 12.5. The van der Waals surface area contributed by atoms with Gasteiger partial charge in [0.1, 0.15) is 16.2 Å². The minimum absolute atomic E-state index is 0.0814. The third-order valence-electron chi connectivity index (χ3n) is 3.16. The molecule has 7 heteroatoms. The summed E-state index contributed by atoms with van der Waals surface area (Å²) in [6, 6.07) is 12.7. The topological polar surface area (TPSA) is 72.6 Å². The van der Waals surface area contributed by atoms with Gasteiger partial charge >= 0.3 is 5.97 Å². The van der Waals surface area contributed by atoms with Crippen molar-refractivity contribution in [2.45, 2.75) is 5.22 Å². The summed E-state index contributed by atoms with van der Waals surface area (Å²) in [6.07, 6.45) is 1.53. The van der Waals surface area contributed by atoms with E-state index in [-0.39, 0.29) is 10.1 Å². The molecule has 0 aliphatic carbocycles. The van der Waals surface area contributed by atoms with Crippen LogP contribution >= 0.6 is 27.7 Å². The Hall–Kier alpha value is -2.25. The first-order valence-electron chi connectivity index (χ1n) is 6.89. The van der Waals surface area contributed by atoms with Gasteiger partial charge in [-0.15, -0.1) is 0 Å². The standard InChI is InChI=1S/C17H12BrNO4S/c1-22-13-7-6-11(18)8-10(13)9-15(16(20)21)24-17-19-12-4-2-3-5-14(12)23-17/h2-9H,1H3,(H,20,21)/b15-9-. The number of ether oxygens (including phenoxy) is 1. The molecule has 5 nitrogen and oxygen atoms in total. The van der Waals surface area contributed by atoms with Crippen molar-refractivity contribution >= 4 is 50.8 Å². The second-order valence-electron chi connectivity index (χ2n) is 4.75. The van der Waals surface area contributed by atoms with Gasteiger partial charge in [-0.2, -0.15) is 0 Å². The molecule has 0 radical (unpaired) electrons. The second kappa shape index (κ2) is 7.11. The van der Waals surface area contributed by atoms with Crippen molar-refractivity contribution in [3.05, 3.63) is 57.4 Å². The number of oxazole rings is 1. The van der Waals surface area contributed by atoms with Crippen molar-refractivity contribution in [1.29, 1.82) is 0 Å². The minimum Gasteiger partial charge on any atom is -0.496 e. The minimum atomic E-state index is -1.07. The van der Waals surface area contributed by atoms with Crippen LogP contribution in [0.25, 0.3) is 17.2 Å². The van der Waals surface area contributed by atoms with E-state index in [4.69, 9.17) is 9.15 Å². The maximum atomic E-state index is 11.6. The Morgan fingerprint density at radius 2 is 2.12 bits per heavy atom. The molecular weight excluding hydrogens is 394 g/mol. The largest absolute Gasteiger partial charge is 0.496 e. The number of nitrogens with zero attached hydrogens (tertiary/aromatic N) is 1. The third-order valence-corrected chi connectivity index (χ3v) is 4.52. The van der Waals surface area contributed by atoms with Gasteiger partial charge in [-0.05, 0) is 48.2 Å². The number of carboxylic acids is 1. The average molecular weight is 406 g/mol. The second-order valence-corrected chi connectivity index (χ2v) is 6.66. The van der Waals surface area contributed by atoms with E-state index < -0.39 is 5.97 Å². The van der Waals surface area contributed by atoms with E-state index in [2.05, 4.69) is 20.9 Å². The van der Waals surface area contributed by atoms with E-state index in [0.717, 1.165) is 16.2 Å². The predicted octanol–water partition coefficient (Wildman–Crippen LogP) is 4.82. The summed E-state index contributed by atoms with van der Waals surface area (Å²) in [5, 5.41) is 9.77. The summed E-state index contributed by atoms with van der Waals surface area (Å²) >= 11 is 4.33. The quantitative estimate of drug-likeness (QED) is 0.484. The fraction of sp³-hybridized carbons (Fsp3) is 0.0588. The number of thioether (sulfide) groups is 1. The van der Waals surface area contributed by atoms with Crippen molar-refractivity contribution in [1.82, 2.24) is 4.98 Å². The molecule has 3 rings (SSSR count). The fourth-order valence-electron chi connectivity index (χ4n) is 2.08. The molecule has 0 unspecified atom stereocenters. The van der Waals surface area contributed by atoms with Gasteiger partial charge in [-0.25, -0.2) is 9.78 Å². The van der Waals surface area contributed by atoms with Crippen LogP contribution in [0.4, 0.5) is 0 Å². The van der Waals surface area contributed by atoms with Crippen LogP contribution in [0, 0.1) is 0 Å². The molecule has 0 aliphatic heterocycles. The van der Waals surface area contributed by atoms with Gasteiger partial charge in [0.05, 0.1) is 7.11 Å². The Balaban J connectivity index is 1.98. The molecule has 1 heterocycles. The van der Waals surface area contributed by atoms with Crippen LogP contribution in [-0.2, 0) is 4.79 Å². The fourth-order valence-corrected chi connectivity index (χ4v) is 3.20. The average Bonchev–Trinajstić information content (AvgIpc) is 2.96. The van der Waals surface area contributed by atoms with Gasteiger partial charge in [0.25, 0.3) is 5.22 Å². The number of carboxylic acid groups (broad SMARTS) is 1. The van der Waals surface area contributed by atoms with Crippen LogP contribution < -0.4 is 4.74 Å². The Morgan fingerprint density at radius 3 is 2.83 bits per heavy atom. The Labute approximate surface area is 150 Å². The number of aliphatic carboxylic acids is 1. The van der Waals surface area contributed by atoms with Crippen molar-refractivity contribution < 1.29 is 19.1 Å². The highest BCUT2D eigenvalue weighted by molar-refractivity contribution is 9.10. The maximum absolute atomic E-state index is 11.6. The molecule has 0 spiro atoms. The number of hydrogen-bond acceptors (Lipinski definition) is 5. The first kappa shape index (κ1) is 16.6. The number of aromatic nitrogens is 1. The summed E-state index contributed by atoms with van der Waals surface area (Å²) < 4.78 is 11.7. The van der Waals surface area contributed by atoms with Gasteiger partial charge in [0.2, 0.25) is 0 Å². The molecule has 0 atom stereocenters. The number of hydrogen-bond donors (Lipinski definition) is 1. The first-order chi connectivity index (χ1) is 11.6. The number of para-hydroxylation sites is 2. The Morgan fingerprint density at radius 1 is 1.33 bits per heavy atom. The number of rotatable bonds is 5. The Kier molecular flexibility index (Phi) is 4.92.